The fraction of sp³-hybridized carbons (Fsp3) is 0.448. The number of aromatic nitrogens is 1. The maximum Gasteiger partial charge on any atom is 0.312 e. The molecule has 1 N–H and O–H groups in total. The Morgan fingerprint density at radius 1 is 1.20 bits per heavy atom. The Labute approximate surface area is 220 Å². The van der Waals surface area contributed by atoms with Gasteiger partial charge in [0.25, 0.3) is 0 Å². The molecule has 0 bridgehead atoms. The molecule has 5 rings (SSSR count). The zero-order valence-corrected chi connectivity index (χ0v) is 23.5. The molecule has 0 amide bonds. The second-order valence-corrected chi connectivity index (χ2v) is 12.7. The van der Waals surface area contributed by atoms with Gasteiger partial charge in [0.05, 0.1) is 18.2 Å². The van der Waals surface area contributed by atoms with Crippen molar-refractivity contribution >= 4 is 38.4 Å². The maximum absolute atomic E-state index is 13.2. The third kappa shape index (κ3) is 4.03. The topological polar surface area (TPSA) is 51.2 Å². The van der Waals surface area contributed by atoms with E-state index in [1.165, 1.54) is 34.2 Å². The third-order valence-electron chi connectivity index (χ3n) is 8.17. The number of ether oxygens (including phenoxy) is 1. The summed E-state index contributed by atoms with van der Waals surface area (Å²) in [5.41, 5.74) is 5.37. The normalized spacial score (nSPS) is 24.9. The SMILES string of the molecule is COC(=O)[C@]1(C)CCC[C@]2(C)c3ccc(C(C)C)cc3-c3nc(NCc4ccc(Br)cc4)sc3C12. The average molecular weight is 554 g/mol. The van der Waals surface area contributed by atoms with Gasteiger partial charge >= 0.3 is 5.97 Å². The first-order valence-electron chi connectivity index (χ1n) is 12.4. The molecule has 3 aromatic rings. The molecule has 1 heterocycles. The van der Waals surface area contributed by atoms with Crippen LogP contribution in [0, 0.1) is 5.41 Å². The predicted molar refractivity (Wildman–Crippen MR) is 147 cm³/mol. The average Bonchev–Trinajstić information content (AvgIpc) is 3.26. The van der Waals surface area contributed by atoms with Gasteiger partial charge in [-0.2, -0.15) is 0 Å². The van der Waals surface area contributed by atoms with Gasteiger partial charge in [-0.3, -0.25) is 4.79 Å². The number of hydrogen-bond donors (Lipinski definition) is 1. The largest absolute Gasteiger partial charge is 0.469 e. The highest BCUT2D eigenvalue weighted by atomic mass is 79.9. The molecule has 0 radical (unpaired) electrons. The summed E-state index contributed by atoms with van der Waals surface area (Å²) in [6, 6.07) is 15.2. The van der Waals surface area contributed by atoms with Crippen LogP contribution >= 0.6 is 27.3 Å². The minimum Gasteiger partial charge on any atom is -0.469 e. The summed E-state index contributed by atoms with van der Waals surface area (Å²) in [5, 5.41) is 4.46. The van der Waals surface area contributed by atoms with Crippen molar-refractivity contribution in [1.82, 2.24) is 4.98 Å². The Hall–Kier alpha value is -2.18. The fourth-order valence-corrected chi connectivity index (χ4v) is 7.97. The van der Waals surface area contributed by atoms with Crippen LogP contribution in [0.15, 0.2) is 46.9 Å². The minimum absolute atomic E-state index is 0.0318. The summed E-state index contributed by atoms with van der Waals surface area (Å²) in [4.78, 5) is 19.6. The number of anilines is 1. The second-order valence-electron chi connectivity index (χ2n) is 10.8. The molecule has 3 atom stereocenters. The highest BCUT2D eigenvalue weighted by Gasteiger charge is 2.58. The van der Waals surface area contributed by atoms with Crippen LogP contribution in [0.25, 0.3) is 11.3 Å². The Balaban J connectivity index is 1.64. The van der Waals surface area contributed by atoms with E-state index in [-0.39, 0.29) is 17.3 Å². The predicted octanol–water partition coefficient (Wildman–Crippen LogP) is 8.03. The van der Waals surface area contributed by atoms with Crippen LogP contribution in [0.3, 0.4) is 0 Å². The Bertz CT molecular complexity index is 1270. The summed E-state index contributed by atoms with van der Waals surface area (Å²) in [5.74, 6) is 0.360. The molecule has 1 unspecified atom stereocenters. The molecule has 2 aliphatic rings. The number of fused-ring (bicyclic) bond motifs is 6. The van der Waals surface area contributed by atoms with Crippen molar-refractivity contribution < 1.29 is 9.53 Å². The zero-order valence-electron chi connectivity index (χ0n) is 21.1. The van der Waals surface area contributed by atoms with E-state index in [1.807, 2.05) is 0 Å². The summed E-state index contributed by atoms with van der Waals surface area (Å²) >= 11 is 5.22. The molecule has 2 aromatic carbocycles. The molecule has 6 heteroatoms. The van der Waals surface area contributed by atoms with Crippen molar-refractivity contribution in [2.45, 2.75) is 70.8 Å². The van der Waals surface area contributed by atoms with Crippen LogP contribution in [0.5, 0.6) is 0 Å². The van der Waals surface area contributed by atoms with Gasteiger partial charge in [0.15, 0.2) is 5.13 Å². The second kappa shape index (κ2) is 9.04. The molecular formula is C29H33BrN2O2S. The zero-order chi connectivity index (χ0) is 25.0. The van der Waals surface area contributed by atoms with Crippen molar-refractivity contribution in [3.8, 4) is 11.3 Å². The third-order valence-corrected chi connectivity index (χ3v) is 9.78. The number of carbonyl (C=O) groups excluding carboxylic acids is 1. The van der Waals surface area contributed by atoms with Gasteiger partial charge < -0.3 is 10.1 Å². The Morgan fingerprint density at radius 3 is 2.63 bits per heavy atom. The number of rotatable bonds is 5. The number of halogens is 1. The molecule has 2 aliphatic carbocycles. The molecule has 1 fully saturated rings. The molecular weight excluding hydrogens is 520 g/mol. The van der Waals surface area contributed by atoms with Crippen LogP contribution < -0.4 is 5.32 Å². The van der Waals surface area contributed by atoms with Gasteiger partial charge in [-0.15, -0.1) is 11.3 Å². The number of hydrogen-bond acceptors (Lipinski definition) is 5. The number of esters is 1. The van der Waals surface area contributed by atoms with E-state index in [4.69, 9.17) is 9.72 Å². The summed E-state index contributed by atoms with van der Waals surface area (Å²) in [6.45, 7) is 9.62. The van der Waals surface area contributed by atoms with Crippen LogP contribution in [-0.4, -0.2) is 18.1 Å². The molecule has 0 saturated heterocycles. The first kappa shape index (κ1) is 24.5. The van der Waals surface area contributed by atoms with E-state index >= 15 is 0 Å². The number of nitrogens with one attached hydrogen (secondary N) is 1. The van der Waals surface area contributed by atoms with E-state index in [9.17, 15) is 4.79 Å². The number of benzene rings is 2. The lowest BCUT2D eigenvalue weighted by Crippen LogP contribution is -2.50. The van der Waals surface area contributed by atoms with Gasteiger partial charge in [0.1, 0.15) is 0 Å². The summed E-state index contributed by atoms with van der Waals surface area (Å²) in [6.07, 6.45) is 2.89. The minimum atomic E-state index is -0.583. The summed E-state index contributed by atoms with van der Waals surface area (Å²) in [7, 11) is 1.52. The number of methoxy groups -OCH3 is 1. The van der Waals surface area contributed by atoms with Crippen LogP contribution in [0.1, 0.15) is 80.4 Å². The lowest BCUT2D eigenvalue weighted by atomic mass is 9.50. The first-order chi connectivity index (χ1) is 16.7. The van der Waals surface area contributed by atoms with Gasteiger partial charge in [-0.25, -0.2) is 4.98 Å². The Morgan fingerprint density at radius 2 is 1.94 bits per heavy atom. The van der Waals surface area contributed by atoms with Gasteiger partial charge in [0.2, 0.25) is 0 Å². The number of nitrogens with zero attached hydrogens (tertiary/aromatic N) is 1. The van der Waals surface area contributed by atoms with Crippen molar-refractivity contribution in [3.05, 3.63) is 68.5 Å². The molecule has 0 aliphatic heterocycles. The molecule has 1 saturated carbocycles. The van der Waals surface area contributed by atoms with E-state index < -0.39 is 5.41 Å². The quantitative estimate of drug-likeness (QED) is 0.325. The van der Waals surface area contributed by atoms with Crippen molar-refractivity contribution in [2.75, 3.05) is 12.4 Å². The van der Waals surface area contributed by atoms with Gasteiger partial charge in [-0.05, 0) is 60.6 Å². The van der Waals surface area contributed by atoms with Crippen LogP contribution in [0.2, 0.25) is 0 Å². The maximum atomic E-state index is 13.2. The van der Waals surface area contributed by atoms with E-state index in [0.29, 0.717) is 12.5 Å². The fourth-order valence-electron chi connectivity index (χ4n) is 6.33. The molecule has 35 heavy (non-hydrogen) atoms. The highest BCUT2D eigenvalue weighted by Crippen LogP contribution is 2.64. The lowest BCUT2D eigenvalue weighted by Gasteiger charge is -2.53. The van der Waals surface area contributed by atoms with Gasteiger partial charge in [-0.1, -0.05) is 67.4 Å². The van der Waals surface area contributed by atoms with Gasteiger partial charge in [0, 0.05) is 32.8 Å². The number of thiazole rings is 1. The molecule has 1 aromatic heterocycles. The highest BCUT2D eigenvalue weighted by molar-refractivity contribution is 9.10. The molecule has 0 spiro atoms. The molecule has 184 valence electrons. The first-order valence-corrected chi connectivity index (χ1v) is 14.0. The van der Waals surface area contributed by atoms with Crippen molar-refractivity contribution in [2.24, 2.45) is 5.41 Å². The van der Waals surface area contributed by atoms with E-state index in [0.717, 1.165) is 34.6 Å². The van der Waals surface area contributed by atoms with Crippen LogP contribution in [-0.2, 0) is 21.5 Å². The van der Waals surface area contributed by atoms with Crippen LogP contribution in [0.4, 0.5) is 5.13 Å². The summed E-state index contributed by atoms with van der Waals surface area (Å²) < 4.78 is 6.46. The molecule has 4 nitrogen and oxygen atoms in total. The van der Waals surface area contributed by atoms with E-state index in [2.05, 4.69) is 91.4 Å². The smallest absolute Gasteiger partial charge is 0.312 e. The lowest BCUT2D eigenvalue weighted by molar-refractivity contribution is -0.157. The van der Waals surface area contributed by atoms with Crippen molar-refractivity contribution in [1.29, 1.82) is 0 Å². The number of carbonyl (C=O) groups is 1. The standard InChI is InChI=1S/C29H33BrN2O2S/c1-17(2)19-9-12-22-21(15-19)23-24(25-28(22,3)13-6-14-29(25,4)26(33)34-5)35-27(32-23)31-16-18-7-10-20(30)11-8-18/h7-12,15,17,25H,6,13-14,16H2,1-5H3,(H,31,32)/t25?,28-,29-/m1/s1. The van der Waals surface area contributed by atoms with E-state index in [1.54, 1.807) is 11.3 Å². The Kier molecular flexibility index (Phi) is 6.33. The van der Waals surface area contributed by atoms with Crippen molar-refractivity contribution in [3.63, 3.8) is 0 Å². The monoisotopic (exact) mass is 552 g/mol.